The van der Waals surface area contributed by atoms with E-state index in [4.69, 9.17) is 0 Å². The van der Waals surface area contributed by atoms with E-state index in [0.717, 1.165) is 6.42 Å². The summed E-state index contributed by atoms with van der Waals surface area (Å²) in [5.74, 6) is 0. The van der Waals surface area contributed by atoms with Crippen molar-refractivity contribution in [3.8, 4) is 11.3 Å². The molecule has 0 saturated carbocycles. The Morgan fingerprint density at radius 3 is 2.20 bits per heavy atom. The molecule has 2 aromatic carbocycles. The van der Waals surface area contributed by atoms with Crippen LogP contribution in [0.2, 0.25) is 0 Å². The van der Waals surface area contributed by atoms with Gasteiger partial charge in [0.05, 0.1) is 0 Å². The van der Waals surface area contributed by atoms with Crippen LogP contribution in [0.3, 0.4) is 0 Å². The Labute approximate surface area is 120 Å². The summed E-state index contributed by atoms with van der Waals surface area (Å²) in [7, 11) is 0. The molecule has 0 saturated heterocycles. The molecule has 102 valence electrons. The van der Waals surface area contributed by atoms with Gasteiger partial charge in [0.15, 0.2) is 0 Å². The zero-order chi connectivity index (χ0) is 14.2. The first-order valence-electron chi connectivity index (χ1n) is 7.20. The first-order chi connectivity index (χ1) is 9.54. The number of aromatic nitrogens is 1. The van der Waals surface area contributed by atoms with E-state index >= 15 is 0 Å². The summed E-state index contributed by atoms with van der Waals surface area (Å²) in [5.41, 5.74) is 5.46. The van der Waals surface area contributed by atoms with E-state index in [-0.39, 0.29) is 5.41 Å². The average Bonchev–Trinajstić information content (AvgIpc) is 2.77. The molecule has 1 N–H and O–H groups in total. The van der Waals surface area contributed by atoms with E-state index in [9.17, 15) is 0 Å². The molecular weight excluding hydrogens is 242 g/mol. The van der Waals surface area contributed by atoms with E-state index in [1.165, 1.54) is 27.7 Å². The molecule has 0 atom stereocenters. The van der Waals surface area contributed by atoms with Gasteiger partial charge in [-0.1, -0.05) is 69.3 Å². The molecule has 0 fully saturated rings. The Morgan fingerprint density at radius 1 is 0.850 bits per heavy atom. The maximum Gasteiger partial charge on any atom is 0.0497 e. The highest BCUT2D eigenvalue weighted by atomic mass is 14.7. The molecule has 20 heavy (non-hydrogen) atoms. The Kier molecular flexibility index (Phi) is 3.13. The highest BCUT2D eigenvalue weighted by Crippen LogP contribution is 2.34. The maximum absolute atomic E-state index is 3.60. The van der Waals surface area contributed by atoms with E-state index in [1.54, 1.807) is 0 Å². The number of H-pyrrole nitrogens is 1. The SMILES string of the molecule is CC(C)(C)Cc1c(-c2ccccc2)[nH]c2ccccc12. The van der Waals surface area contributed by atoms with E-state index in [1.807, 2.05) is 0 Å². The van der Waals surface area contributed by atoms with Crippen LogP contribution in [0, 0.1) is 5.41 Å². The third-order valence-corrected chi connectivity index (χ3v) is 3.58. The molecule has 1 aromatic heterocycles. The second-order valence-electron chi connectivity index (χ2n) is 6.63. The molecule has 1 heteroatoms. The van der Waals surface area contributed by atoms with Crippen molar-refractivity contribution in [1.29, 1.82) is 0 Å². The van der Waals surface area contributed by atoms with Crippen LogP contribution in [-0.2, 0) is 6.42 Å². The molecule has 1 heterocycles. The van der Waals surface area contributed by atoms with Gasteiger partial charge in [-0.3, -0.25) is 0 Å². The van der Waals surface area contributed by atoms with Crippen LogP contribution in [0.25, 0.3) is 22.2 Å². The number of benzene rings is 2. The van der Waals surface area contributed by atoms with Crippen molar-refractivity contribution in [3.05, 3.63) is 60.2 Å². The first-order valence-corrected chi connectivity index (χ1v) is 7.20. The lowest BCUT2D eigenvalue weighted by Gasteiger charge is -2.19. The lowest BCUT2D eigenvalue weighted by molar-refractivity contribution is 0.413. The molecule has 3 aromatic rings. The van der Waals surface area contributed by atoms with Gasteiger partial charge in [0.2, 0.25) is 0 Å². The van der Waals surface area contributed by atoms with Gasteiger partial charge >= 0.3 is 0 Å². The maximum atomic E-state index is 3.60. The third-order valence-electron chi connectivity index (χ3n) is 3.58. The summed E-state index contributed by atoms with van der Waals surface area (Å²) in [6, 6.07) is 19.2. The zero-order valence-electron chi connectivity index (χ0n) is 12.4. The fourth-order valence-electron chi connectivity index (χ4n) is 2.77. The fraction of sp³-hybridized carbons (Fsp3) is 0.263. The van der Waals surface area contributed by atoms with Gasteiger partial charge in [-0.05, 0) is 29.0 Å². The lowest BCUT2D eigenvalue weighted by atomic mass is 9.86. The predicted octanol–water partition coefficient (Wildman–Crippen LogP) is 5.42. The van der Waals surface area contributed by atoms with Gasteiger partial charge in [-0.25, -0.2) is 0 Å². The molecule has 0 amide bonds. The number of nitrogens with one attached hydrogen (secondary N) is 1. The smallest absolute Gasteiger partial charge is 0.0497 e. The van der Waals surface area contributed by atoms with Gasteiger partial charge in [0.25, 0.3) is 0 Å². The molecule has 0 unspecified atom stereocenters. The van der Waals surface area contributed by atoms with Crippen LogP contribution in [0.5, 0.6) is 0 Å². The average molecular weight is 263 g/mol. The third kappa shape index (κ3) is 2.49. The molecular formula is C19H21N. The number of fused-ring (bicyclic) bond motifs is 1. The van der Waals surface area contributed by atoms with Crippen molar-refractivity contribution in [3.63, 3.8) is 0 Å². The van der Waals surface area contributed by atoms with Crippen molar-refractivity contribution in [2.75, 3.05) is 0 Å². The highest BCUT2D eigenvalue weighted by molar-refractivity contribution is 5.90. The number of hydrogen-bond donors (Lipinski definition) is 1. The summed E-state index contributed by atoms with van der Waals surface area (Å²) >= 11 is 0. The first kappa shape index (κ1) is 13.0. The summed E-state index contributed by atoms with van der Waals surface area (Å²) < 4.78 is 0. The van der Waals surface area contributed by atoms with Crippen LogP contribution in [0.4, 0.5) is 0 Å². The minimum absolute atomic E-state index is 0.272. The molecule has 0 aliphatic heterocycles. The fourth-order valence-corrected chi connectivity index (χ4v) is 2.77. The molecule has 0 aliphatic carbocycles. The minimum atomic E-state index is 0.272. The minimum Gasteiger partial charge on any atom is -0.354 e. The van der Waals surface area contributed by atoms with Gasteiger partial charge in [-0.15, -0.1) is 0 Å². The monoisotopic (exact) mass is 263 g/mol. The van der Waals surface area contributed by atoms with Crippen LogP contribution in [0.15, 0.2) is 54.6 Å². The molecule has 0 radical (unpaired) electrons. The van der Waals surface area contributed by atoms with E-state index in [0.29, 0.717) is 0 Å². The van der Waals surface area contributed by atoms with Crippen LogP contribution < -0.4 is 0 Å². The lowest BCUT2D eigenvalue weighted by Crippen LogP contribution is -2.09. The Hall–Kier alpha value is -2.02. The highest BCUT2D eigenvalue weighted by Gasteiger charge is 2.19. The second-order valence-corrected chi connectivity index (χ2v) is 6.63. The molecule has 1 nitrogen and oxygen atoms in total. The Balaban J connectivity index is 2.23. The van der Waals surface area contributed by atoms with Gasteiger partial charge < -0.3 is 4.98 Å². The van der Waals surface area contributed by atoms with Gasteiger partial charge in [0.1, 0.15) is 0 Å². The topological polar surface area (TPSA) is 15.8 Å². The number of rotatable bonds is 2. The van der Waals surface area contributed by atoms with Gasteiger partial charge in [0, 0.05) is 16.6 Å². The molecule has 0 aliphatic rings. The van der Waals surface area contributed by atoms with Gasteiger partial charge in [-0.2, -0.15) is 0 Å². The standard InChI is InChI=1S/C19H21N/c1-19(2,3)13-16-15-11-7-8-12-17(15)20-18(16)14-9-5-4-6-10-14/h4-12,20H,13H2,1-3H3. The normalized spacial score (nSPS) is 11.9. The van der Waals surface area contributed by atoms with Crippen molar-refractivity contribution in [2.45, 2.75) is 27.2 Å². The predicted molar refractivity (Wildman–Crippen MR) is 86.9 cm³/mol. The Morgan fingerprint density at radius 2 is 1.50 bits per heavy atom. The van der Waals surface area contributed by atoms with E-state index < -0.39 is 0 Å². The molecule has 0 bridgehead atoms. The largest absolute Gasteiger partial charge is 0.354 e. The summed E-state index contributed by atoms with van der Waals surface area (Å²) in [4.78, 5) is 3.60. The second kappa shape index (κ2) is 4.82. The summed E-state index contributed by atoms with van der Waals surface area (Å²) in [6.07, 6.45) is 1.07. The van der Waals surface area contributed by atoms with Crippen molar-refractivity contribution < 1.29 is 0 Å². The van der Waals surface area contributed by atoms with Crippen molar-refractivity contribution >= 4 is 10.9 Å². The summed E-state index contributed by atoms with van der Waals surface area (Å²) in [5, 5.41) is 1.35. The van der Waals surface area contributed by atoms with Crippen molar-refractivity contribution in [2.24, 2.45) is 5.41 Å². The van der Waals surface area contributed by atoms with Crippen LogP contribution >= 0.6 is 0 Å². The number of hydrogen-bond acceptors (Lipinski definition) is 0. The van der Waals surface area contributed by atoms with Crippen LogP contribution in [-0.4, -0.2) is 4.98 Å². The zero-order valence-corrected chi connectivity index (χ0v) is 12.4. The molecule has 0 spiro atoms. The number of para-hydroxylation sites is 1. The Bertz CT molecular complexity index is 714. The van der Waals surface area contributed by atoms with Crippen LogP contribution in [0.1, 0.15) is 26.3 Å². The quantitative estimate of drug-likeness (QED) is 0.635. The number of aromatic amines is 1. The van der Waals surface area contributed by atoms with Crippen molar-refractivity contribution in [1.82, 2.24) is 4.98 Å². The summed E-state index contributed by atoms with van der Waals surface area (Å²) in [6.45, 7) is 6.89. The van der Waals surface area contributed by atoms with E-state index in [2.05, 4.69) is 80.4 Å². The molecule has 3 rings (SSSR count).